The van der Waals surface area contributed by atoms with Crippen LogP contribution in [0.1, 0.15) is 17.8 Å². The third-order valence-electron chi connectivity index (χ3n) is 3.79. The average Bonchev–Trinajstić information content (AvgIpc) is 2.88. The summed E-state index contributed by atoms with van der Waals surface area (Å²) in [4.78, 5) is 4.80. The molecule has 3 nitrogen and oxygen atoms in total. The Morgan fingerprint density at radius 3 is 3.06 bits per heavy atom. The summed E-state index contributed by atoms with van der Waals surface area (Å²) < 4.78 is 3.38. The summed E-state index contributed by atoms with van der Waals surface area (Å²) in [5.74, 6) is 1.94. The van der Waals surface area contributed by atoms with Crippen molar-refractivity contribution in [2.45, 2.75) is 19.8 Å². The van der Waals surface area contributed by atoms with Crippen molar-refractivity contribution in [3.63, 3.8) is 0 Å². The van der Waals surface area contributed by atoms with Crippen molar-refractivity contribution >= 4 is 27.0 Å². The zero-order valence-corrected chi connectivity index (χ0v) is 12.4. The highest BCUT2D eigenvalue weighted by Crippen LogP contribution is 2.27. The Labute approximate surface area is 116 Å². The first-order chi connectivity index (χ1) is 8.65. The van der Waals surface area contributed by atoms with Crippen LogP contribution < -0.4 is 5.32 Å². The van der Waals surface area contributed by atoms with Crippen LogP contribution in [-0.4, -0.2) is 22.6 Å². The molecule has 0 aliphatic carbocycles. The van der Waals surface area contributed by atoms with Crippen molar-refractivity contribution in [3.05, 3.63) is 28.0 Å². The van der Waals surface area contributed by atoms with E-state index in [1.807, 2.05) is 0 Å². The summed E-state index contributed by atoms with van der Waals surface area (Å²) in [7, 11) is 2.12. The fraction of sp³-hybridized carbons (Fsp3) is 0.500. The van der Waals surface area contributed by atoms with Crippen molar-refractivity contribution in [1.29, 1.82) is 0 Å². The smallest absolute Gasteiger partial charge is 0.109 e. The minimum absolute atomic E-state index is 0.736. The number of hydrogen-bond acceptors (Lipinski definition) is 2. The maximum absolute atomic E-state index is 4.80. The van der Waals surface area contributed by atoms with Gasteiger partial charge in [-0.05, 0) is 66.0 Å². The van der Waals surface area contributed by atoms with Crippen LogP contribution in [0, 0.1) is 12.8 Å². The van der Waals surface area contributed by atoms with Gasteiger partial charge in [0.25, 0.3) is 0 Å². The molecule has 3 rings (SSSR count). The molecule has 0 spiro atoms. The van der Waals surface area contributed by atoms with Gasteiger partial charge in [-0.2, -0.15) is 0 Å². The van der Waals surface area contributed by atoms with Gasteiger partial charge in [0.15, 0.2) is 0 Å². The van der Waals surface area contributed by atoms with Gasteiger partial charge < -0.3 is 9.88 Å². The van der Waals surface area contributed by atoms with Gasteiger partial charge in [-0.15, -0.1) is 0 Å². The lowest BCUT2D eigenvalue weighted by Crippen LogP contribution is -2.12. The number of imidazole rings is 1. The average molecular weight is 308 g/mol. The van der Waals surface area contributed by atoms with Crippen LogP contribution in [-0.2, 0) is 13.5 Å². The van der Waals surface area contributed by atoms with E-state index in [2.05, 4.69) is 51.9 Å². The van der Waals surface area contributed by atoms with Crippen LogP contribution in [0.15, 0.2) is 16.6 Å². The van der Waals surface area contributed by atoms with Gasteiger partial charge in [-0.1, -0.05) is 0 Å². The Morgan fingerprint density at radius 1 is 1.50 bits per heavy atom. The lowest BCUT2D eigenvalue weighted by molar-refractivity contribution is 0.552. The molecule has 2 heterocycles. The predicted molar refractivity (Wildman–Crippen MR) is 77.8 cm³/mol. The first kappa shape index (κ1) is 12.2. The zero-order chi connectivity index (χ0) is 12.7. The molecular weight excluding hydrogens is 290 g/mol. The highest BCUT2D eigenvalue weighted by atomic mass is 79.9. The van der Waals surface area contributed by atoms with E-state index in [0.717, 1.165) is 35.4 Å². The number of aromatic nitrogens is 2. The van der Waals surface area contributed by atoms with Crippen LogP contribution in [0.3, 0.4) is 0 Å². The maximum atomic E-state index is 4.80. The lowest BCUT2D eigenvalue weighted by Gasteiger charge is -2.08. The molecule has 1 atom stereocenters. The van der Waals surface area contributed by atoms with Gasteiger partial charge in [-0.3, -0.25) is 0 Å². The van der Waals surface area contributed by atoms with Crippen LogP contribution in [0.5, 0.6) is 0 Å². The van der Waals surface area contributed by atoms with Gasteiger partial charge in [0.05, 0.1) is 11.0 Å². The van der Waals surface area contributed by atoms with Crippen molar-refractivity contribution in [2.24, 2.45) is 13.0 Å². The number of rotatable bonds is 2. The second-order valence-electron chi connectivity index (χ2n) is 5.26. The Balaban J connectivity index is 2.02. The number of nitrogens with zero attached hydrogens (tertiary/aromatic N) is 2. The molecule has 1 N–H and O–H groups in total. The van der Waals surface area contributed by atoms with Crippen molar-refractivity contribution in [1.82, 2.24) is 14.9 Å². The van der Waals surface area contributed by atoms with E-state index in [4.69, 9.17) is 4.98 Å². The van der Waals surface area contributed by atoms with Crippen LogP contribution in [0.4, 0.5) is 0 Å². The van der Waals surface area contributed by atoms with E-state index in [9.17, 15) is 0 Å². The van der Waals surface area contributed by atoms with Gasteiger partial charge in [0.2, 0.25) is 0 Å². The number of benzene rings is 1. The Morgan fingerprint density at radius 2 is 2.33 bits per heavy atom. The number of fused-ring (bicyclic) bond motifs is 1. The van der Waals surface area contributed by atoms with Crippen molar-refractivity contribution < 1.29 is 0 Å². The van der Waals surface area contributed by atoms with Gasteiger partial charge in [0.1, 0.15) is 5.82 Å². The molecule has 2 aromatic rings. The summed E-state index contributed by atoms with van der Waals surface area (Å²) in [6.45, 7) is 4.39. The second-order valence-corrected chi connectivity index (χ2v) is 6.12. The minimum Gasteiger partial charge on any atom is -0.330 e. The molecule has 4 heteroatoms. The topological polar surface area (TPSA) is 29.9 Å². The van der Waals surface area contributed by atoms with Crippen LogP contribution in [0.2, 0.25) is 0 Å². The highest BCUT2D eigenvalue weighted by Gasteiger charge is 2.19. The molecule has 0 saturated carbocycles. The molecule has 0 amide bonds. The number of halogens is 1. The Hall–Kier alpha value is -0.870. The second kappa shape index (κ2) is 4.67. The molecule has 0 radical (unpaired) electrons. The molecule has 1 aliphatic rings. The first-order valence-corrected chi connectivity index (χ1v) is 7.26. The summed E-state index contributed by atoms with van der Waals surface area (Å²) in [5.41, 5.74) is 3.56. The molecule has 1 aliphatic heterocycles. The molecule has 96 valence electrons. The zero-order valence-electron chi connectivity index (χ0n) is 10.8. The van der Waals surface area contributed by atoms with Gasteiger partial charge >= 0.3 is 0 Å². The molecule has 18 heavy (non-hydrogen) atoms. The summed E-state index contributed by atoms with van der Waals surface area (Å²) >= 11 is 3.65. The van der Waals surface area contributed by atoms with E-state index >= 15 is 0 Å². The van der Waals surface area contributed by atoms with E-state index < -0.39 is 0 Å². The normalized spacial score (nSPS) is 19.8. The summed E-state index contributed by atoms with van der Waals surface area (Å²) in [6, 6.07) is 4.32. The first-order valence-electron chi connectivity index (χ1n) is 6.47. The summed E-state index contributed by atoms with van der Waals surface area (Å²) in [5, 5.41) is 3.42. The van der Waals surface area contributed by atoms with Gasteiger partial charge in [0, 0.05) is 17.9 Å². The molecule has 1 fully saturated rings. The van der Waals surface area contributed by atoms with Crippen molar-refractivity contribution in [3.8, 4) is 0 Å². The van der Waals surface area contributed by atoms with E-state index in [1.54, 1.807) is 0 Å². The Kier molecular flexibility index (Phi) is 3.16. The molecule has 1 saturated heterocycles. The largest absolute Gasteiger partial charge is 0.330 e. The number of nitrogens with one attached hydrogen (secondary N) is 1. The minimum atomic E-state index is 0.736. The lowest BCUT2D eigenvalue weighted by atomic mass is 10.0. The van der Waals surface area contributed by atoms with Gasteiger partial charge in [-0.25, -0.2) is 4.98 Å². The van der Waals surface area contributed by atoms with E-state index in [1.165, 1.54) is 23.3 Å². The molecule has 0 bridgehead atoms. The molecule has 1 unspecified atom stereocenters. The fourth-order valence-corrected chi connectivity index (χ4v) is 3.64. The predicted octanol–water partition coefficient (Wildman–Crippen LogP) is 2.80. The monoisotopic (exact) mass is 307 g/mol. The molecule has 1 aromatic heterocycles. The molecule has 1 aromatic carbocycles. The third-order valence-corrected chi connectivity index (χ3v) is 4.40. The number of hydrogen-bond donors (Lipinski definition) is 1. The third kappa shape index (κ3) is 2.08. The van der Waals surface area contributed by atoms with Crippen LogP contribution >= 0.6 is 15.9 Å². The SMILES string of the molecule is Cc1cc(Br)c2c(c1)nc(CC1CCNC1)n2C. The van der Waals surface area contributed by atoms with Crippen molar-refractivity contribution in [2.75, 3.05) is 13.1 Å². The fourth-order valence-electron chi connectivity index (χ4n) is 2.81. The van der Waals surface area contributed by atoms with E-state index in [-0.39, 0.29) is 0 Å². The highest BCUT2D eigenvalue weighted by molar-refractivity contribution is 9.10. The summed E-state index contributed by atoms with van der Waals surface area (Å²) in [6.07, 6.45) is 2.34. The number of aryl methyl sites for hydroxylation is 2. The maximum Gasteiger partial charge on any atom is 0.109 e. The molecular formula is C14H18BrN3. The van der Waals surface area contributed by atoms with Crippen LogP contribution in [0.25, 0.3) is 11.0 Å². The Bertz CT molecular complexity index is 582. The van der Waals surface area contributed by atoms with E-state index in [0.29, 0.717) is 0 Å². The quantitative estimate of drug-likeness (QED) is 0.924. The standard InChI is InChI=1S/C14H18BrN3/c1-9-5-11(15)14-12(6-9)17-13(18(14)2)7-10-3-4-16-8-10/h5-6,10,16H,3-4,7-8H2,1-2H3.